The molecule has 0 aliphatic heterocycles. The summed E-state index contributed by atoms with van der Waals surface area (Å²) in [6, 6.07) is 12.6. The number of nitrogens with zero attached hydrogens (tertiary/aromatic N) is 1. The molecule has 0 saturated heterocycles. The highest BCUT2D eigenvalue weighted by molar-refractivity contribution is 7.15. The van der Waals surface area contributed by atoms with Crippen LogP contribution in [0.3, 0.4) is 0 Å². The molecule has 0 radical (unpaired) electrons. The molecule has 0 bridgehead atoms. The van der Waals surface area contributed by atoms with Crippen molar-refractivity contribution in [1.82, 2.24) is 4.98 Å². The van der Waals surface area contributed by atoms with Crippen LogP contribution in [0.1, 0.15) is 47.6 Å². The number of hydrogen-bond donors (Lipinski definition) is 0. The maximum absolute atomic E-state index is 13.9. The SMILES string of the molecule is COC(=O)CCCc1ccc(OCc2cc(F)ccc2-c2ncc(C3CC3)s2)cc1. The van der Waals surface area contributed by atoms with E-state index in [9.17, 15) is 9.18 Å². The van der Waals surface area contributed by atoms with Crippen molar-refractivity contribution in [1.29, 1.82) is 0 Å². The van der Waals surface area contributed by atoms with Gasteiger partial charge in [-0.05, 0) is 67.5 Å². The van der Waals surface area contributed by atoms with Gasteiger partial charge in [-0.1, -0.05) is 12.1 Å². The number of thiazole rings is 1. The van der Waals surface area contributed by atoms with Crippen molar-refractivity contribution in [3.05, 3.63) is 70.5 Å². The first-order valence-corrected chi connectivity index (χ1v) is 11.0. The molecule has 6 heteroatoms. The van der Waals surface area contributed by atoms with Crippen LogP contribution in [-0.4, -0.2) is 18.1 Å². The lowest BCUT2D eigenvalue weighted by molar-refractivity contribution is -0.140. The first-order chi connectivity index (χ1) is 14.6. The fourth-order valence-electron chi connectivity index (χ4n) is 3.31. The highest BCUT2D eigenvalue weighted by Crippen LogP contribution is 2.44. The smallest absolute Gasteiger partial charge is 0.305 e. The average Bonchev–Trinajstić information content (AvgIpc) is 3.50. The fourth-order valence-corrected chi connectivity index (χ4v) is 4.46. The quantitative estimate of drug-likeness (QED) is 0.401. The van der Waals surface area contributed by atoms with E-state index in [0.29, 0.717) is 12.3 Å². The molecule has 1 saturated carbocycles. The average molecular weight is 426 g/mol. The molecule has 0 N–H and O–H groups in total. The Hall–Kier alpha value is -2.73. The second kappa shape index (κ2) is 9.39. The van der Waals surface area contributed by atoms with Crippen LogP contribution in [0.25, 0.3) is 10.6 Å². The minimum absolute atomic E-state index is 0.190. The largest absolute Gasteiger partial charge is 0.489 e. The number of benzene rings is 2. The molecule has 2 aromatic carbocycles. The van der Waals surface area contributed by atoms with E-state index in [4.69, 9.17) is 4.74 Å². The van der Waals surface area contributed by atoms with Gasteiger partial charge in [-0.15, -0.1) is 11.3 Å². The number of aromatic nitrogens is 1. The topological polar surface area (TPSA) is 48.4 Å². The van der Waals surface area contributed by atoms with Crippen LogP contribution < -0.4 is 4.74 Å². The summed E-state index contributed by atoms with van der Waals surface area (Å²) in [6.45, 7) is 0.271. The molecule has 1 fully saturated rings. The lowest BCUT2D eigenvalue weighted by atomic mass is 10.1. The molecule has 4 rings (SSSR count). The van der Waals surface area contributed by atoms with Crippen LogP contribution in [-0.2, 0) is 22.6 Å². The Morgan fingerprint density at radius 1 is 1.20 bits per heavy atom. The maximum Gasteiger partial charge on any atom is 0.305 e. The summed E-state index contributed by atoms with van der Waals surface area (Å²) >= 11 is 1.69. The predicted molar refractivity (Wildman–Crippen MR) is 115 cm³/mol. The minimum Gasteiger partial charge on any atom is -0.489 e. The van der Waals surface area contributed by atoms with Crippen LogP contribution >= 0.6 is 11.3 Å². The zero-order valence-electron chi connectivity index (χ0n) is 16.9. The molecular formula is C24H24FNO3S. The summed E-state index contributed by atoms with van der Waals surface area (Å²) in [5.41, 5.74) is 2.84. The zero-order chi connectivity index (χ0) is 20.9. The number of carbonyl (C=O) groups is 1. The van der Waals surface area contributed by atoms with E-state index in [2.05, 4.69) is 9.72 Å². The standard InChI is InChI=1S/C24H24FNO3S/c1-28-23(27)4-2-3-16-5-10-20(11-6-16)29-15-18-13-19(25)9-12-21(18)24-26-14-22(30-24)17-7-8-17/h5-6,9-14,17H,2-4,7-8,15H2,1H3. The van der Waals surface area contributed by atoms with Crippen LogP contribution in [0.2, 0.25) is 0 Å². The van der Waals surface area contributed by atoms with Gasteiger partial charge in [0.2, 0.25) is 0 Å². The number of esters is 1. The van der Waals surface area contributed by atoms with Crippen molar-refractivity contribution in [2.45, 2.75) is 44.6 Å². The highest BCUT2D eigenvalue weighted by atomic mass is 32.1. The minimum atomic E-state index is -0.280. The molecule has 0 spiro atoms. The maximum atomic E-state index is 13.9. The van der Waals surface area contributed by atoms with Gasteiger partial charge in [-0.2, -0.15) is 0 Å². The van der Waals surface area contributed by atoms with Gasteiger partial charge in [0, 0.05) is 28.6 Å². The molecule has 30 heavy (non-hydrogen) atoms. The number of carbonyl (C=O) groups excluding carboxylic acids is 1. The third-order valence-electron chi connectivity index (χ3n) is 5.19. The van der Waals surface area contributed by atoms with Crippen molar-refractivity contribution < 1.29 is 18.7 Å². The van der Waals surface area contributed by atoms with Gasteiger partial charge in [0.25, 0.3) is 0 Å². The normalized spacial score (nSPS) is 13.3. The Kier molecular flexibility index (Phi) is 6.43. The molecule has 1 aliphatic rings. The summed E-state index contributed by atoms with van der Waals surface area (Å²) < 4.78 is 24.5. The van der Waals surface area contributed by atoms with Crippen molar-refractivity contribution in [2.24, 2.45) is 0 Å². The van der Waals surface area contributed by atoms with Crippen molar-refractivity contribution >= 4 is 17.3 Å². The third-order valence-corrected chi connectivity index (χ3v) is 6.39. The van der Waals surface area contributed by atoms with E-state index in [1.54, 1.807) is 17.4 Å². The molecule has 156 valence electrons. The molecular weight excluding hydrogens is 401 g/mol. The Bertz CT molecular complexity index is 1010. The monoisotopic (exact) mass is 425 g/mol. The van der Waals surface area contributed by atoms with Crippen LogP contribution in [0, 0.1) is 5.82 Å². The number of rotatable bonds is 9. The first kappa shape index (κ1) is 20.5. The summed E-state index contributed by atoms with van der Waals surface area (Å²) in [5.74, 6) is 0.907. The summed E-state index contributed by atoms with van der Waals surface area (Å²) in [5, 5.41) is 0.913. The van der Waals surface area contributed by atoms with Crippen molar-refractivity contribution in [2.75, 3.05) is 7.11 Å². The number of halogens is 1. The summed E-state index contributed by atoms with van der Waals surface area (Å²) in [6.07, 6.45) is 6.38. The van der Waals surface area contributed by atoms with Gasteiger partial charge < -0.3 is 9.47 Å². The molecule has 1 heterocycles. The van der Waals surface area contributed by atoms with Gasteiger partial charge >= 0.3 is 5.97 Å². The summed E-state index contributed by atoms with van der Waals surface area (Å²) in [7, 11) is 1.40. The molecule has 0 atom stereocenters. The fraction of sp³-hybridized carbons (Fsp3) is 0.333. The number of ether oxygens (including phenoxy) is 2. The molecule has 3 aromatic rings. The van der Waals surface area contributed by atoms with Gasteiger partial charge in [0.15, 0.2) is 0 Å². The van der Waals surface area contributed by atoms with Gasteiger partial charge in [-0.25, -0.2) is 9.37 Å². The van der Waals surface area contributed by atoms with E-state index in [-0.39, 0.29) is 18.4 Å². The molecule has 0 unspecified atom stereocenters. The Labute approximate surface area is 179 Å². The van der Waals surface area contributed by atoms with Crippen LogP contribution in [0.5, 0.6) is 5.75 Å². The second-order valence-corrected chi connectivity index (χ2v) is 8.57. The third kappa shape index (κ3) is 5.25. The second-order valence-electron chi connectivity index (χ2n) is 7.51. The molecule has 0 amide bonds. The van der Waals surface area contributed by atoms with E-state index in [1.807, 2.05) is 30.5 Å². The summed E-state index contributed by atoms with van der Waals surface area (Å²) in [4.78, 5) is 17.1. The number of aryl methyl sites for hydroxylation is 1. The lowest BCUT2D eigenvalue weighted by Gasteiger charge is -2.11. The van der Waals surface area contributed by atoms with E-state index in [1.165, 1.54) is 37.0 Å². The van der Waals surface area contributed by atoms with Gasteiger partial charge in [-0.3, -0.25) is 4.79 Å². The van der Waals surface area contributed by atoms with Gasteiger partial charge in [0.05, 0.1) is 7.11 Å². The zero-order valence-corrected chi connectivity index (χ0v) is 17.7. The number of methoxy groups -OCH3 is 1. The van der Waals surface area contributed by atoms with E-state index in [0.717, 1.165) is 40.3 Å². The van der Waals surface area contributed by atoms with Crippen molar-refractivity contribution in [3.63, 3.8) is 0 Å². The lowest BCUT2D eigenvalue weighted by Crippen LogP contribution is -2.01. The Morgan fingerprint density at radius 3 is 2.73 bits per heavy atom. The Morgan fingerprint density at radius 2 is 2.00 bits per heavy atom. The highest BCUT2D eigenvalue weighted by Gasteiger charge is 2.26. The van der Waals surface area contributed by atoms with E-state index < -0.39 is 0 Å². The molecule has 4 nitrogen and oxygen atoms in total. The van der Waals surface area contributed by atoms with Crippen LogP contribution in [0.4, 0.5) is 4.39 Å². The van der Waals surface area contributed by atoms with E-state index >= 15 is 0 Å². The van der Waals surface area contributed by atoms with Gasteiger partial charge in [0.1, 0.15) is 23.2 Å². The molecule has 1 aromatic heterocycles. The number of hydrogen-bond acceptors (Lipinski definition) is 5. The predicted octanol–water partition coefficient (Wildman–Crippen LogP) is 5.90. The van der Waals surface area contributed by atoms with Crippen molar-refractivity contribution in [3.8, 4) is 16.3 Å². The molecule has 1 aliphatic carbocycles. The van der Waals surface area contributed by atoms with Crippen LogP contribution in [0.15, 0.2) is 48.7 Å². The first-order valence-electron chi connectivity index (χ1n) is 10.2. The Balaban J connectivity index is 1.39.